The normalized spacial score (nSPS) is 17.5. The van der Waals surface area contributed by atoms with Crippen LogP contribution in [0, 0.1) is 5.21 Å². The van der Waals surface area contributed by atoms with Crippen molar-refractivity contribution in [1.82, 2.24) is 5.32 Å². The van der Waals surface area contributed by atoms with Crippen molar-refractivity contribution in [3.8, 4) is 0 Å². The van der Waals surface area contributed by atoms with Crippen LogP contribution in [0.3, 0.4) is 0 Å². The predicted octanol–water partition coefficient (Wildman–Crippen LogP) is 4.14. The van der Waals surface area contributed by atoms with Gasteiger partial charge in [0.1, 0.15) is 5.69 Å². The molecule has 0 aliphatic carbocycles. The van der Waals surface area contributed by atoms with Crippen molar-refractivity contribution in [3.05, 3.63) is 93.9 Å². The van der Waals surface area contributed by atoms with Crippen molar-refractivity contribution >= 4 is 17.3 Å². The second-order valence-electron chi connectivity index (χ2n) is 8.88. The maximum Gasteiger partial charge on any atom is 0.416 e. The van der Waals surface area contributed by atoms with Gasteiger partial charge in [-0.3, -0.25) is 4.79 Å². The first-order chi connectivity index (χ1) is 16.8. The molecule has 0 radical (unpaired) electrons. The standard InChI is InChI=1S/C26H24F3N3O3/c27-26(28,29)19-4-1-3-17(12-19)11-18-13-21(15-31(34)14-18)32-9-7-22-23(5-2-6-24(22)32)25(33)30-20-8-10-35-16-20/h1-6,12-15,20H,7-11,16H2,(H,30,33). The van der Waals surface area contributed by atoms with Gasteiger partial charge >= 0.3 is 6.18 Å². The van der Waals surface area contributed by atoms with Crippen LogP contribution in [-0.2, 0) is 23.8 Å². The van der Waals surface area contributed by atoms with Gasteiger partial charge in [0, 0.05) is 36.4 Å². The summed E-state index contributed by atoms with van der Waals surface area (Å²) >= 11 is 0. The molecule has 1 unspecified atom stereocenters. The van der Waals surface area contributed by atoms with Crippen molar-refractivity contribution in [2.75, 3.05) is 24.7 Å². The number of nitrogens with one attached hydrogen (secondary N) is 1. The first-order valence-electron chi connectivity index (χ1n) is 11.4. The molecule has 2 aromatic carbocycles. The fraction of sp³-hybridized carbons (Fsp3) is 0.308. The minimum absolute atomic E-state index is 0.00261. The summed E-state index contributed by atoms with van der Waals surface area (Å²) in [5.41, 5.74) is 3.33. The lowest BCUT2D eigenvalue weighted by Gasteiger charge is -2.20. The molecule has 1 aromatic heterocycles. The van der Waals surface area contributed by atoms with Gasteiger partial charge in [-0.15, -0.1) is 0 Å². The Hall–Kier alpha value is -3.59. The molecule has 3 aromatic rings. The van der Waals surface area contributed by atoms with Crippen LogP contribution in [-0.4, -0.2) is 31.7 Å². The number of amides is 1. The third-order valence-electron chi connectivity index (χ3n) is 6.40. The first kappa shape index (κ1) is 23.2. The molecule has 1 amide bonds. The third-order valence-corrected chi connectivity index (χ3v) is 6.40. The van der Waals surface area contributed by atoms with Crippen molar-refractivity contribution in [2.24, 2.45) is 0 Å². The number of nitrogens with zero attached hydrogens (tertiary/aromatic N) is 2. The molecule has 9 heteroatoms. The van der Waals surface area contributed by atoms with Gasteiger partial charge in [-0.25, -0.2) is 0 Å². The smallest absolute Gasteiger partial charge is 0.416 e. The zero-order valence-corrected chi connectivity index (χ0v) is 18.8. The van der Waals surface area contributed by atoms with Crippen LogP contribution in [0.1, 0.15) is 39.0 Å². The molecule has 0 spiro atoms. The van der Waals surface area contributed by atoms with Crippen molar-refractivity contribution in [3.63, 3.8) is 0 Å². The number of ether oxygens (including phenoxy) is 1. The maximum absolute atomic E-state index is 13.1. The van der Waals surface area contributed by atoms with E-state index in [1.54, 1.807) is 12.1 Å². The van der Waals surface area contributed by atoms with Gasteiger partial charge in [0.25, 0.3) is 5.91 Å². The summed E-state index contributed by atoms with van der Waals surface area (Å²) in [5, 5.41) is 15.4. The number of anilines is 2. The number of hydrogen-bond acceptors (Lipinski definition) is 4. The summed E-state index contributed by atoms with van der Waals surface area (Å²) < 4.78 is 45.3. The van der Waals surface area contributed by atoms with E-state index < -0.39 is 11.7 Å². The van der Waals surface area contributed by atoms with Crippen molar-refractivity contribution < 1.29 is 27.4 Å². The molecule has 6 nitrogen and oxygen atoms in total. The Morgan fingerprint density at radius 3 is 2.74 bits per heavy atom. The van der Waals surface area contributed by atoms with E-state index in [0.717, 1.165) is 29.8 Å². The number of carbonyl (C=O) groups is 1. The van der Waals surface area contributed by atoms with Gasteiger partial charge in [-0.1, -0.05) is 24.3 Å². The average Bonchev–Trinajstić information content (AvgIpc) is 3.48. The maximum atomic E-state index is 13.1. The van der Waals surface area contributed by atoms with Crippen molar-refractivity contribution in [1.29, 1.82) is 0 Å². The zero-order chi connectivity index (χ0) is 24.6. The lowest BCUT2D eigenvalue weighted by molar-refractivity contribution is -0.605. The Morgan fingerprint density at radius 2 is 1.97 bits per heavy atom. The van der Waals surface area contributed by atoms with Gasteiger partial charge in [-0.05, 0) is 48.2 Å². The monoisotopic (exact) mass is 483 g/mol. The molecule has 3 heterocycles. The van der Waals surface area contributed by atoms with Crippen LogP contribution in [0.25, 0.3) is 0 Å². The van der Waals surface area contributed by atoms with Gasteiger partial charge in [0.15, 0.2) is 6.20 Å². The number of aromatic nitrogens is 1. The number of carbonyl (C=O) groups excluding carboxylic acids is 1. The Labute approximate surface area is 200 Å². The second kappa shape index (κ2) is 9.22. The first-order valence-corrected chi connectivity index (χ1v) is 11.4. The molecule has 1 saturated heterocycles. The molecule has 2 aliphatic heterocycles. The van der Waals surface area contributed by atoms with E-state index >= 15 is 0 Å². The van der Waals surface area contributed by atoms with Crippen LogP contribution >= 0.6 is 0 Å². The van der Waals surface area contributed by atoms with E-state index in [2.05, 4.69) is 5.32 Å². The number of benzene rings is 2. The second-order valence-corrected chi connectivity index (χ2v) is 8.88. The molecular formula is C26H24F3N3O3. The van der Waals surface area contributed by atoms with Gasteiger partial charge in [0.2, 0.25) is 6.20 Å². The Kier molecular flexibility index (Phi) is 6.10. The van der Waals surface area contributed by atoms with Gasteiger partial charge < -0.3 is 20.2 Å². The predicted molar refractivity (Wildman–Crippen MR) is 123 cm³/mol. The summed E-state index contributed by atoms with van der Waals surface area (Å²) in [6.45, 7) is 1.73. The summed E-state index contributed by atoms with van der Waals surface area (Å²) in [4.78, 5) is 14.9. The zero-order valence-electron chi connectivity index (χ0n) is 18.8. The lowest BCUT2D eigenvalue weighted by atomic mass is 10.0. The molecule has 35 heavy (non-hydrogen) atoms. The van der Waals surface area contributed by atoms with E-state index in [-0.39, 0.29) is 18.4 Å². The SMILES string of the molecule is O=C(NC1CCOC1)c1cccc2c1CCN2c1cc(Cc2cccc(C(F)(F)F)c2)c[n+]([O-])c1. The number of alkyl halides is 3. The van der Waals surface area contributed by atoms with E-state index in [9.17, 15) is 23.2 Å². The summed E-state index contributed by atoms with van der Waals surface area (Å²) in [5.74, 6) is -0.142. The quantitative estimate of drug-likeness (QED) is 0.438. The van der Waals surface area contributed by atoms with E-state index in [0.29, 0.717) is 53.3 Å². The summed E-state index contributed by atoms with van der Waals surface area (Å²) in [6.07, 6.45) is -0.00947. The summed E-state index contributed by atoms with van der Waals surface area (Å²) in [7, 11) is 0. The molecule has 0 bridgehead atoms. The van der Waals surface area contributed by atoms with Crippen LogP contribution in [0.15, 0.2) is 60.9 Å². The lowest BCUT2D eigenvalue weighted by Crippen LogP contribution is -2.35. The average molecular weight is 483 g/mol. The Bertz CT molecular complexity index is 1260. The van der Waals surface area contributed by atoms with E-state index in [4.69, 9.17) is 4.74 Å². The number of hydrogen-bond donors (Lipinski definition) is 1. The highest BCUT2D eigenvalue weighted by atomic mass is 19.4. The third kappa shape index (κ3) is 4.95. The minimum Gasteiger partial charge on any atom is -0.619 e. The van der Waals surface area contributed by atoms with Gasteiger partial charge in [-0.2, -0.15) is 17.9 Å². The molecule has 2 aliphatic rings. The molecule has 182 valence electrons. The molecule has 1 fully saturated rings. The highest BCUT2D eigenvalue weighted by Gasteiger charge is 2.31. The van der Waals surface area contributed by atoms with Crippen LogP contribution < -0.4 is 14.9 Å². The topological polar surface area (TPSA) is 68.5 Å². The fourth-order valence-electron chi connectivity index (χ4n) is 4.76. The van der Waals surface area contributed by atoms with E-state index in [1.807, 2.05) is 23.1 Å². The van der Waals surface area contributed by atoms with Crippen molar-refractivity contribution in [2.45, 2.75) is 31.5 Å². The molecular weight excluding hydrogens is 459 g/mol. The largest absolute Gasteiger partial charge is 0.619 e. The van der Waals surface area contributed by atoms with Crippen LogP contribution in [0.2, 0.25) is 0 Å². The van der Waals surface area contributed by atoms with E-state index in [1.165, 1.54) is 18.5 Å². The highest BCUT2D eigenvalue weighted by molar-refractivity contribution is 5.98. The molecule has 1 N–H and O–H groups in total. The number of fused-ring (bicyclic) bond motifs is 1. The number of pyridine rings is 1. The highest BCUT2D eigenvalue weighted by Crippen LogP contribution is 2.36. The Morgan fingerprint density at radius 1 is 1.14 bits per heavy atom. The van der Waals surface area contributed by atoms with Crippen LogP contribution in [0.4, 0.5) is 24.5 Å². The van der Waals surface area contributed by atoms with Gasteiger partial charge in [0.05, 0.1) is 18.2 Å². The molecule has 5 rings (SSSR count). The minimum atomic E-state index is -4.43. The number of rotatable bonds is 5. The molecule has 1 atom stereocenters. The van der Waals surface area contributed by atoms with Crippen LogP contribution in [0.5, 0.6) is 0 Å². The fourth-order valence-corrected chi connectivity index (χ4v) is 4.76. The summed E-state index contributed by atoms with van der Waals surface area (Å²) in [6, 6.07) is 12.5. The molecule has 0 saturated carbocycles. The number of halogens is 3. The Balaban J connectivity index is 1.40.